The van der Waals surface area contributed by atoms with Crippen LogP contribution < -0.4 is 0 Å². The minimum absolute atomic E-state index is 0.512. The van der Waals surface area contributed by atoms with Crippen LogP contribution in [0.25, 0.3) is 0 Å². The molecule has 4 rings (SSSR count). The Bertz CT molecular complexity index is 655. The first-order chi connectivity index (χ1) is 14.1. The summed E-state index contributed by atoms with van der Waals surface area (Å²) in [5, 5.41) is 19.1. The van der Waals surface area contributed by atoms with Gasteiger partial charge in [-0.25, -0.2) is 0 Å². The van der Waals surface area contributed by atoms with E-state index in [2.05, 4.69) is 42.8 Å². The molecule has 2 N–H and O–H groups in total. The van der Waals surface area contributed by atoms with Gasteiger partial charge in [0, 0.05) is 0 Å². The van der Waals surface area contributed by atoms with Crippen molar-refractivity contribution >= 4 is 15.9 Å². The van der Waals surface area contributed by atoms with E-state index in [1.807, 2.05) is 12.5 Å². The zero-order chi connectivity index (χ0) is 21.7. The highest BCUT2D eigenvalue weighted by Crippen LogP contribution is 2.67. The molecule has 0 aromatic carbocycles. The molecule has 3 fully saturated rings. The van der Waals surface area contributed by atoms with E-state index >= 15 is 0 Å². The van der Waals surface area contributed by atoms with Crippen molar-refractivity contribution in [3.8, 4) is 0 Å². The van der Waals surface area contributed by atoms with Crippen molar-refractivity contribution < 1.29 is 10.2 Å². The van der Waals surface area contributed by atoms with Gasteiger partial charge in [0.05, 0.1) is 4.32 Å². The highest BCUT2D eigenvalue weighted by molar-refractivity contribution is 9.10. The van der Waals surface area contributed by atoms with E-state index in [0.29, 0.717) is 10.8 Å². The van der Waals surface area contributed by atoms with Gasteiger partial charge in [0.15, 0.2) is 6.29 Å². The second-order valence-electron chi connectivity index (χ2n) is 12.2. The summed E-state index contributed by atoms with van der Waals surface area (Å²) in [5.41, 5.74) is 2.86. The van der Waals surface area contributed by atoms with Gasteiger partial charge in [-0.3, -0.25) is 0 Å². The summed E-state index contributed by atoms with van der Waals surface area (Å²) < 4.78 is -0.575. The van der Waals surface area contributed by atoms with E-state index in [9.17, 15) is 10.2 Å². The van der Waals surface area contributed by atoms with Crippen LogP contribution in [0.5, 0.6) is 0 Å². The van der Waals surface area contributed by atoms with Crippen molar-refractivity contribution in [3.63, 3.8) is 0 Å². The number of rotatable bonds is 6. The van der Waals surface area contributed by atoms with Crippen LogP contribution in [0.4, 0.5) is 0 Å². The van der Waals surface area contributed by atoms with Crippen LogP contribution >= 0.6 is 15.9 Å². The molecule has 30 heavy (non-hydrogen) atoms. The molecule has 2 nitrogen and oxygen atoms in total. The lowest BCUT2D eigenvalue weighted by Crippen LogP contribution is -2.50. The summed E-state index contributed by atoms with van der Waals surface area (Å²) in [6.07, 6.45) is 17.2. The zero-order valence-corrected chi connectivity index (χ0v) is 21.4. The normalized spacial score (nSPS) is 43.9. The highest BCUT2D eigenvalue weighted by Gasteiger charge is 2.58. The molecule has 4 aliphatic carbocycles. The molecule has 3 saturated carbocycles. The second kappa shape index (κ2) is 8.49. The third kappa shape index (κ3) is 3.87. The predicted molar refractivity (Wildman–Crippen MR) is 128 cm³/mol. The maximum atomic E-state index is 9.57. The lowest BCUT2D eigenvalue weighted by molar-refractivity contribution is -0.0662. The van der Waals surface area contributed by atoms with Crippen molar-refractivity contribution in [2.45, 2.75) is 115 Å². The topological polar surface area (TPSA) is 40.5 Å². The Labute approximate surface area is 193 Å². The van der Waals surface area contributed by atoms with Crippen molar-refractivity contribution in [3.05, 3.63) is 11.6 Å². The number of aliphatic hydroxyl groups excluding tert-OH is 1. The van der Waals surface area contributed by atoms with Gasteiger partial charge >= 0.3 is 0 Å². The first-order valence-corrected chi connectivity index (χ1v) is 13.6. The lowest BCUT2D eigenvalue weighted by atomic mass is 9.47. The van der Waals surface area contributed by atoms with Gasteiger partial charge in [0.2, 0.25) is 0 Å². The average Bonchev–Trinajstić information content (AvgIpc) is 3.04. The fraction of sp³-hybridized carbons (Fsp3) is 0.926. The van der Waals surface area contributed by atoms with Gasteiger partial charge in [-0.1, -0.05) is 67.6 Å². The zero-order valence-electron chi connectivity index (χ0n) is 19.8. The van der Waals surface area contributed by atoms with Crippen LogP contribution in [-0.2, 0) is 0 Å². The third-order valence-corrected chi connectivity index (χ3v) is 11.4. The van der Waals surface area contributed by atoms with E-state index < -0.39 is 10.6 Å². The molecule has 0 bridgehead atoms. The molecule has 0 aliphatic heterocycles. The van der Waals surface area contributed by atoms with Crippen molar-refractivity contribution in [2.75, 3.05) is 0 Å². The summed E-state index contributed by atoms with van der Waals surface area (Å²) in [7, 11) is 0. The van der Waals surface area contributed by atoms with E-state index in [0.717, 1.165) is 42.4 Å². The van der Waals surface area contributed by atoms with Gasteiger partial charge in [-0.2, -0.15) is 0 Å². The Hall–Kier alpha value is 0.140. The molecule has 4 aliphatic rings. The molecule has 0 aromatic rings. The van der Waals surface area contributed by atoms with E-state index in [1.165, 1.54) is 64.2 Å². The average molecular weight is 482 g/mol. The second-order valence-corrected chi connectivity index (χ2v) is 14.0. The van der Waals surface area contributed by atoms with Crippen LogP contribution in [0.15, 0.2) is 11.6 Å². The molecule has 0 amide bonds. The number of halogens is 1. The van der Waals surface area contributed by atoms with Crippen molar-refractivity contribution in [1.29, 1.82) is 0 Å². The number of alkyl halides is 1. The molecule has 1 unspecified atom stereocenters. The number of hydrogen-bond acceptors (Lipinski definition) is 2. The van der Waals surface area contributed by atoms with Gasteiger partial charge in [-0.05, 0) is 105 Å². The first-order valence-electron chi connectivity index (χ1n) is 12.8. The van der Waals surface area contributed by atoms with Crippen molar-refractivity contribution in [2.24, 2.45) is 40.4 Å². The Morgan fingerprint density at radius 1 is 1.13 bits per heavy atom. The van der Waals surface area contributed by atoms with Crippen LogP contribution in [0, 0.1) is 40.4 Å². The number of fused-ring (bicyclic) bond motifs is 5. The standard InChI is InChI=1S/C27H45BrO2/c1-18(8-7-16-27(4,28)24(29)30)21-12-13-22-20-11-10-19-9-5-6-15-25(19,2)23(20)14-17-26(21,22)3/h10,18,20-24,29-30H,5-9,11-17H2,1-4H3/t18-,20+,21-,22+,23+,25+,26-,27?/m1/s1. The minimum Gasteiger partial charge on any atom is -0.367 e. The molecule has 3 heteroatoms. The molecule has 8 atom stereocenters. The Morgan fingerprint density at radius 2 is 1.90 bits per heavy atom. The van der Waals surface area contributed by atoms with Crippen LogP contribution in [0.2, 0.25) is 0 Å². The molecule has 0 aromatic heterocycles. The van der Waals surface area contributed by atoms with Gasteiger partial charge < -0.3 is 10.2 Å². The summed E-state index contributed by atoms with van der Waals surface area (Å²) >= 11 is 3.51. The minimum atomic E-state index is -1.29. The predicted octanol–water partition coefficient (Wildman–Crippen LogP) is 7.23. The van der Waals surface area contributed by atoms with E-state index in [-0.39, 0.29) is 0 Å². The maximum absolute atomic E-state index is 9.57. The van der Waals surface area contributed by atoms with E-state index in [4.69, 9.17) is 0 Å². The van der Waals surface area contributed by atoms with Gasteiger partial charge in [0.1, 0.15) is 0 Å². The maximum Gasteiger partial charge on any atom is 0.166 e. The van der Waals surface area contributed by atoms with Crippen molar-refractivity contribution in [1.82, 2.24) is 0 Å². The van der Waals surface area contributed by atoms with Crippen LogP contribution in [0.1, 0.15) is 105 Å². The third-order valence-electron chi connectivity index (χ3n) is 10.6. The quantitative estimate of drug-likeness (QED) is 0.239. The summed E-state index contributed by atoms with van der Waals surface area (Å²) in [4.78, 5) is 0. The summed E-state index contributed by atoms with van der Waals surface area (Å²) in [6.45, 7) is 9.65. The molecule has 0 heterocycles. The SMILES string of the molecule is C[C@H](CCCC(C)(Br)C(O)O)[C@H]1CC[C@H]2[C@@H]3CC=C4CCCC[C@]4(C)[C@H]3CC[C@]12C. The van der Waals surface area contributed by atoms with Crippen LogP contribution in [0.3, 0.4) is 0 Å². The Kier molecular flexibility index (Phi) is 6.59. The van der Waals surface area contributed by atoms with Gasteiger partial charge in [-0.15, -0.1) is 0 Å². The molecular formula is C27H45BrO2. The Balaban J connectivity index is 1.43. The Morgan fingerprint density at radius 3 is 2.63 bits per heavy atom. The molecular weight excluding hydrogens is 436 g/mol. The largest absolute Gasteiger partial charge is 0.367 e. The molecule has 0 spiro atoms. The number of hydrogen-bond donors (Lipinski definition) is 2. The summed E-state index contributed by atoms with van der Waals surface area (Å²) in [5.74, 6) is 4.35. The smallest absolute Gasteiger partial charge is 0.166 e. The number of aliphatic hydroxyl groups is 2. The highest BCUT2D eigenvalue weighted by atomic mass is 79.9. The monoisotopic (exact) mass is 480 g/mol. The number of allylic oxidation sites excluding steroid dienone is 2. The fourth-order valence-electron chi connectivity index (χ4n) is 8.77. The lowest BCUT2D eigenvalue weighted by Gasteiger charge is -2.58. The molecule has 0 saturated heterocycles. The fourth-order valence-corrected chi connectivity index (χ4v) is 9.05. The van der Waals surface area contributed by atoms with Gasteiger partial charge in [0.25, 0.3) is 0 Å². The summed E-state index contributed by atoms with van der Waals surface area (Å²) in [6, 6.07) is 0. The molecule has 172 valence electrons. The molecule has 0 radical (unpaired) electrons. The van der Waals surface area contributed by atoms with E-state index in [1.54, 1.807) is 0 Å². The van der Waals surface area contributed by atoms with Crippen LogP contribution in [-0.4, -0.2) is 20.8 Å². The first kappa shape index (κ1) is 23.3.